The van der Waals surface area contributed by atoms with Crippen molar-refractivity contribution in [3.8, 4) is 0 Å². The van der Waals surface area contributed by atoms with Crippen molar-refractivity contribution >= 4 is 5.78 Å². The van der Waals surface area contributed by atoms with Crippen molar-refractivity contribution in [3.63, 3.8) is 0 Å². The minimum atomic E-state index is 0.0303. The number of ketones is 1. The van der Waals surface area contributed by atoms with Gasteiger partial charge in [0.2, 0.25) is 0 Å². The lowest BCUT2D eigenvalue weighted by Crippen LogP contribution is -2.51. The fraction of sp³-hybridized carbons (Fsp3) is 0.792. The number of carbonyl (C=O) groups is 1. The molecule has 5 aliphatic rings. The first kappa shape index (κ1) is 18.1. The molecule has 0 N–H and O–H groups in total. The Balaban J connectivity index is 1.36. The molecule has 0 spiro atoms. The molecule has 1 aliphatic heterocycles. The van der Waals surface area contributed by atoms with E-state index >= 15 is 0 Å². The summed E-state index contributed by atoms with van der Waals surface area (Å²) in [6.07, 6.45) is 17.2. The SMILES string of the molecule is C[C@]12CC[C@H]3[C@@H](CCC4=CC(=O)C=C[C@@]43C)[C@@H]1CC[C@@H]2OC1CCCCO1. The van der Waals surface area contributed by atoms with Crippen molar-refractivity contribution in [1.82, 2.24) is 0 Å². The quantitative estimate of drug-likeness (QED) is 0.670. The molecular formula is C24H34O3. The first-order chi connectivity index (χ1) is 13.0. The zero-order chi connectivity index (χ0) is 18.6. The molecule has 0 amide bonds. The Bertz CT molecular complexity index is 673. The van der Waals surface area contributed by atoms with E-state index < -0.39 is 0 Å². The molecule has 0 bridgehead atoms. The van der Waals surface area contributed by atoms with Crippen LogP contribution in [-0.2, 0) is 14.3 Å². The summed E-state index contributed by atoms with van der Waals surface area (Å²) in [6, 6.07) is 0. The Morgan fingerprint density at radius 2 is 1.96 bits per heavy atom. The van der Waals surface area contributed by atoms with Gasteiger partial charge < -0.3 is 9.47 Å². The molecule has 3 nitrogen and oxygen atoms in total. The largest absolute Gasteiger partial charge is 0.353 e. The van der Waals surface area contributed by atoms with Crippen LogP contribution < -0.4 is 0 Å². The van der Waals surface area contributed by atoms with Crippen LogP contribution in [0.4, 0.5) is 0 Å². The summed E-state index contributed by atoms with van der Waals surface area (Å²) in [5, 5.41) is 0. The van der Waals surface area contributed by atoms with E-state index in [0.717, 1.165) is 31.3 Å². The zero-order valence-electron chi connectivity index (χ0n) is 16.9. The van der Waals surface area contributed by atoms with Crippen LogP contribution in [0.25, 0.3) is 0 Å². The van der Waals surface area contributed by atoms with Crippen LogP contribution in [0, 0.1) is 28.6 Å². The van der Waals surface area contributed by atoms with Crippen LogP contribution in [0.15, 0.2) is 23.8 Å². The van der Waals surface area contributed by atoms with Gasteiger partial charge in [-0.1, -0.05) is 25.5 Å². The van der Waals surface area contributed by atoms with E-state index in [1.54, 1.807) is 0 Å². The highest BCUT2D eigenvalue weighted by molar-refractivity contribution is 6.01. The summed E-state index contributed by atoms with van der Waals surface area (Å²) in [7, 11) is 0. The Kier molecular flexibility index (Phi) is 4.40. The number of hydrogen-bond acceptors (Lipinski definition) is 3. The van der Waals surface area contributed by atoms with Crippen molar-refractivity contribution in [2.45, 2.75) is 84.0 Å². The van der Waals surface area contributed by atoms with E-state index in [1.165, 1.54) is 50.5 Å². The molecule has 1 unspecified atom stereocenters. The molecule has 4 aliphatic carbocycles. The van der Waals surface area contributed by atoms with Crippen molar-refractivity contribution in [2.24, 2.45) is 28.6 Å². The molecule has 3 saturated carbocycles. The van der Waals surface area contributed by atoms with Gasteiger partial charge in [-0.25, -0.2) is 0 Å². The van der Waals surface area contributed by atoms with Crippen molar-refractivity contribution in [1.29, 1.82) is 0 Å². The van der Waals surface area contributed by atoms with Crippen LogP contribution >= 0.6 is 0 Å². The van der Waals surface area contributed by atoms with Gasteiger partial charge in [0.05, 0.1) is 6.10 Å². The predicted octanol–water partition coefficient (Wildman–Crippen LogP) is 5.21. The molecule has 0 radical (unpaired) electrons. The van der Waals surface area contributed by atoms with Gasteiger partial charge in [-0.05, 0) is 93.1 Å². The summed E-state index contributed by atoms with van der Waals surface area (Å²) in [6.45, 7) is 5.75. The lowest BCUT2D eigenvalue weighted by atomic mass is 9.48. The number of rotatable bonds is 2. The van der Waals surface area contributed by atoms with E-state index in [2.05, 4.69) is 19.9 Å². The fourth-order valence-corrected chi connectivity index (χ4v) is 7.37. The summed E-state index contributed by atoms with van der Waals surface area (Å²) >= 11 is 0. The molecule has 4 fully saturated rings. The first-order valence-corrected chi connectivity index (χ1v) is 11.2. The minimum absolute atomic E-state index is 0.0303. The van der Waals surface area contributed by atoms with E-state index in [-0.39, 0.29) is 17.5 Å². The molecule has 1 heterocycles. The monoisotopic (exact) mass is 370 g/mol. The number of ether oxygens (including phenoxy) is 2. The van der Waals surface area contributed by atoms with Gasteiger partial charge in [0.15, 0.2) is 12.1 Å². The molecule has 5 rings (SSSR count). The van der Waals surface area contributed by atoms with Gasteiger partial charge in [-0.3, -0.25) is 4.79 Å². The molecule has 7 atom stereocenters. The average molecular weight is 371 g/mol. The zero-order valence-corrected chi connectivity index (χ0v) is 16.9. The van der Waals surface area contributed by atoms with E-state index in [9.17, 15) is 4.79 Å². The third-order valence-corrected chi connectivity index (χ3v) is 8.92. The molecule has 27 heavy (non-hydrogen) atoms. The minimum Gasteiger partial charge on any atom is -0.353 e. The highest BCUT2D eigenvalue weighted by Crippen LogP contribution is 2.65. The lowest BCUT2D eigenvalue weighted by molar-refractivity contribution is -0.215. The Labute approximate surface area is 163 Å². The maximum atomic E-state index is 11.9. The second kappa shape index (κ2) is 6.56. The van der Waals surface area contributed by atoms with Gasteiger partial charge in [0.25, 0.3) is 0 Å². The van der Waals surface area contributed by atoms with Crippen LogP contribution in [-0.4, -0.2) is 24.8 Å². The third kappa shape index (κ3) is 2.80. The van der Waals surface area contributed by atoms with Gasteiger partial charge in [-0.15, -0.1) is 0 Å². The van der Waals surface area contributed by atoms with Crippen LogP contribution in [0.1, 0.15) is 71.6 Å². The fourth-order valence-electron chi connectivity index (χ4n) is 7.37. The summed E-state index contributed by atoms with van der Waals surface area (Å²) < 4.78 is 12.5. The van der Waals surface area contributed by atoms with Gasteiger partial charge in [0, 0.05) is 12.0 Å². The average Bonchev–Trinajstić information content (AvgIpc) is 3.00. The normalized spacial score (nSPS) is 49.2. The Morgan fingerprint density at radius 1 is 1.07 bits per heavy atom. The maximum Gasteiger partial charge on any atom is 0.178 e. The van der Waals surface area contributed by atoms with Gasteiger partial charge >= 0.3 is 0 Å². The first-order valence-electron chi connectivity index (χ1n) is 11.2. The summed E-state index contributed by atoms with van der Waals surface area (Å²) in [5.41, 5.74) is 1.79. The summed E-state index contributed by atoms with van der Waals surface area (Å²) in [4.78, 5) is 11.9. The topological polar surface area (TPSA) is 35.5 Å². The Morgan fingerprint density at radius 3 is 2.78 bits per heavy atom. The second-order valence-electron chi connectivity index (χ2n) is 10.1. The number of allylic oxidation sites excluding steroid dienone is 4. The maximum absolute atomic E-state index is 11.9. The molecule has 3 heteroatoms. The van der Waals surface area contributed by atoms with Crippen LogP contribution in [0.5, 0.6) is 0 Å². The van der Waals surface area contributed by atoms with E-state index in [4.69, 9.17) is 9.47 Å². The van der Waals surface area contributed by atoms with Gasteiger partial charge in [0.1, 0.15) is 0 Å². The van der Waals surface area contributed by atoms with Crippen LogP contribution in [0.3, 0.4) is 0 Å². The predicted molar refractivity (Wildman–Crippen MR) is 105 cm³/mol. The van der Waals surface area contributed by atoms with Crippen molar-refractivity contribution < 1.29 is 14.3 Å². The van der Waals surface area contributed by atoms with Crippen LogP contribution in [0.2, 0.25) is 0 Å². The Hall–Kier alpha value is -0.930. The molecule has 148 valence electrons. The van der Waals surface area contributed by atoms with Gasteiger partial charge in [-0.2, -0.15) is 0 Å². The highest BCUT2D eigenvalue weighted by atomic mass is 16.7. The molecule has 0 aromatic heterocycles. The molecule has 1 saturated heterocycles. The van der Waals surface area contributed by atoms with Crippen molar-refractivity contribution in [3.05, 3.63) is 23.8 Å². The molecule has 0 aromatic rings. The number of fused-ring (bicyclic) bond motifs is 5. The number of carbonyl (C=O) groups excluding carboxylic acids is 1. The standard InChI is InChI=1S/C24H34O3/c1-23-12-10-17(25)15-16(23)6-7-18-19-8-9-21(24(19,2)13-11-20(18)23)27-22-5-3-4-14-26-22/h10,12,15,18-22H,3-9,11,13-14H2,1-2H3/t18-,19-,20-,21-,22?,23-,24-/m0/s1. The molecular weight excluding hydrogens is 336 g/mol. The van der Waals surface area contributed by atoms with E-state index in [0.29, 0.717) is 17.4 Å². The highest BCUT2D eigenvalue weighted by Gasteiger charge is 2.59. The summed E-state index contributed by atoms with van der Waals surface area (Å²) in [5.74, 6) is 2.40. The van der Waals surface area contributed by atoms with E-state index in [1.807, 2.05) is 12.2 Å². The third-order valence-electron chi connectivity index (χ3n) is 8.92. The van der Waals surface area contributed by atoms with Crippen molar-refractivity contribution in [2.75, 3.05) is 6.61 Å². The smallest absolute Gasteiger partial charge is 0.178 e. The molecule has 0 aromatic carbocycles. The number of hydrogen-bond donors (Lipinski definition) is 0. The lowest BCUT2D eigenvalue weighted by Gasteiger charge is -2.57. The second-order valence-corrected chi connectivity index (χ2v) is 10.1.